The van der Waals surface area contributed by atoms with Crippen molar-refractivity contribution in [2.45, 2.75) is 53.5 Å². The molecule has 4 heterocycles. The summed E-state index contributed by atoms with van der Waals surface area (Å²) in [7, 11) is 0. The fourth-order valence-electron chi connectivity index (χ4n) is 5.95. The van der Waals surface area contributed by atoms with Gasteiger partial charge in [-0.1, -0.05) is 30.7 Å². The molecule has 0 radical (unpaired) electrons. The minimum absolute atomic E-state index is 0.108. The molecular formula is C35H35N3O7S. The van der Waals surface area contributed by atoms with Crippen LogP contribution < -0.4 is 24.4 Å². The lowest BCUT2D eigenvalue weighted by atomic mass is 9.94. The first-order valence-corrected chi connectivity index (χ1v) is 16.1. The van der Waals surface area contributed by atoms with E-state index in [0.717, 1.165) is 29.1 Å². The van der Waals surface area contributed by atoms with Crippen molar-refractivity contribution in [3.8, 4) is 17.2 Å². The van der Waals surface area contributed by atoms with E-state index in [9.17, 15) is 14.4 Å². The normalized spacial score (nSPS) is 15.5. The summed E-state index contributed by atoms with van der Waals surface area (Å²) in [5.41, 5.74) is 5.54. The fourth-order valence-corrected chi connectivity index (χ4v) is 6.96. The number of thiazole rings is 1. The zero-order valence-corrected chi connectivity index (χ0v) is 27.2. The number of aryl methyl sites for hydroxylation is 1. The van der Waals surface area contributed by atoms with Gasteiger partial charge in [0.2, 0.25) is 6.79 Å². The van der Waals surface area contributed by atoms with E-state index in [4.69, 9.17) is 23.9 Å². The van der Waals surface area contributed by atoms with Crippen LogP contribution in [0.15, 0.2) is 69.6 Å². The van der Waals surface area contributed by atoms with Crippen LogP contribution in [-0.4, -0.2) is 41.1 Å². The number of hydrogen-bond acceptors (Lipinski definition) is 9. The predicted molar refractivity (Wildman–Crippen MR) is 173 cm³/mol. The van der Waals surface area contributed by atoms with Gasteiger partial charge in [-0.05, 0) is 93.8 Å². The Hall–Kier alpha value is -4.90. The Morgan fingerprint density at radius 2 is 1.70 bits per heavy atom. The van der Waals surface area contributed by atoms with Gasteiger partial charge >= 0.3 is 11.9 Å². The Bertz CT molecular complexity index is 2050. The highest BCUT2D eigenvalue weighted by atomic mass is 32.1. The molecule has 2 aromatic carbocycles. The van der Waals surface area contributed by atoms with E-state index in [-0.39, 0.29) is 24.9 Å². The third kappa shape index (κ3) is 5.55. The summed E-state index contributed by atoms with van der Waals surface area (Å²) < 4.78 is 25.9. The summed E-state index contributed by atoms with van der Waals surface area (Å²) in [4.78, 5) is 45.3. The Kier molecular flexibility index (Phi) is 8.68. The minimum Gasteiger partial charge on any atom is -0.463 e. The standard InChI is InChI=1S/C35H35N3O7S/c1-6-9-26-30(34(41)43-8-3)31(23-12-15-27-28(17-23)45-19-44-27)38-32(39)29(46-35(38)36-26)18-24-16-20(4)37(21(24)5)25-13-10-22(11-14-25)33(40)42-7-2/h10-18,31H,6-9,19H2,1-5H3/b29-18-/t31-/m1/s1. The van der Waals surface area contributed by atoms with Crippen molar-refractivity contribution < 1.29 is 28.5 Å². The van der Waals surface area contributed by atoms with Crippen LogP contribution in [0.2, 0.25) is 0 Å². The van der Waals surface area contributed by atoms with Crippen LogP contribution in [0.1, 0.15) is 72.5 Å². The van der Waals surface area contributed by atoms with Crippen LogP contribution in [-0.2, 0) is 14.3 Å². The zero-order chi connectivity index (χ0) is 32.5. The van der Waals surface area contributed by atoms with Crippen molar-refractivity contribution in [1.29, 1.82) is 0 Å². The van der Waals surface area contributed by atoms with Gasteiger partial charge in [0.15, 0.2) is 16.3 Å². The van der Waals surface area contributed by atoms with E-state index in [2.05, 4.69) is 4.57 Å². The molecular weight excluding hydrogens is 606 g/mol. The van der Waals surface area contributed by atoms with Crippen molar-refractivity contribution in [1.82, 2.24) is 9.13 Å². The highest BCUT2D eigenvalue weighted by Gasteiger charge is 2.35. The maximum absolute atomic E-state index is 14.3. The Morgan fingerprint density at radius 3 is 2.41 bits per heavy atom. The van der Waals surface area contributed by atoms with Gasteiger partial charge < -0.3 is 23.5 Å². The van der Waals surface area contributed by atoms with Gasteiger partial charge in [0.1, 0.15) is 0 Å². The number of fused-ring (bicyclic) bond motifs is 2. The quantitative estimate of drug-likeness (QED) is 0.239. The highest BCUT2D eigenvalue weighted by Crippen LogP contribution is 2.39. The molecule has 0 spiro atoms. The molecule has 10 nitrogen and oxygen atoms in total. The summed E-state index contributed by atoms with van der Waals surface area (Å²) in [5.74, 6) is 0.305. The van der Waals surface area contributed by atoms with Gasteiger partial charge in [0.05, 0.1) is 40.6 Å². The molecule has 0 aliphatic carbocycles. The van der Waals surface area contributed by atoms with Gasteiger partial charge in [0.25, 0.3) is 5.56 Å². The molecule has 2 aromatic heterocycles. The molecule has 6 rings (SSSR count). The van der Waals surface area contributed by atoms with Gasteiger partial charge in [0, 0.05) is 17.1 Å². The largest absolute Gasteiger partial charge is 0.463 e. The lowest BCUT2D eigenvalue weighted by molar-refractivity contribution is -0.139. The third-order valence-corrected chi connectivity index (χ3v) is 8.98. The molecule has 0 amide bonds. The summed E-state index contributed by atoms with van der Waals surface area (Å²) in [6, 6.07) is 14.0. The van der Waals surface area contributed by atoms with Crippen molar-refractivity contribution in [2.75, 3.05) is 20.0 Å². The Labute approximate surface area is 269 Å². The number of rotatable bonds is 9. The molecule has 4 aromatic rings. The molecule has 0 unspecified atom stereocenters. The molecule has 0 fully saturated rings. The van der Waals surface area contributed by atoms with E-state index in [1.165, 1.54) is 11.3 Å². The number of aromatic nitrogens is 2. The molecule has 0 N–H and O–H groups in total. The Morgan fingerprint density at radius 1 is 0.978 bits per heavy atom. The monoisotopic (exact) mass is 641 g/mol. The first-order valence-electron chi connectivity index (χ1n) is 15.3. The topological polar surface area (TPSA) is 110 Å². The predicted octanol–water partition coefficient (Wildman–Crippen LogP) is 4.89. The summed E-state index contributed by atoms with van der Waals surface area (Å²) in [5, 5.41) is 0. The van der Waals surface area contributed by atoms with E-state index < -0.39 is 12.0 Å². The SMILES string of the molecule is CCCC1=C(C(=O)OCC)[C@@H](c2ccc3c(c2)OCO3)n2c(s/c(=C\c3cc(C)n(-c4ccc(C(=O)OCC)cc4)c3C)c2=O)=N1. The molecule has 0 bridgehead atoms. The van der Waals surface area contributed by atoms with Crippen LogP contribution in [0.4, 0.5) is 0 Å². The second kappa shape index (κ2) is 12.8. The number of esters is 2. The molecule has 1 atom stereocenters. The van der Waals surface area contributed by atoms with E-state index in [0.29, 0.717) is 56.3 Å². The molecule has 0 saturated heterocycles. The second-order valence-electron chi connectivity index (χ2n) is 11.0. The van der Waals surface area contributed by atoms with Crippen molar-refractivity contribution in [3.63, 3.8) is 0 Å². The number of carbonyl (C=O) groups is 2. The lowest BCUT2D eigenvalue weighted by Gasteiger charge is -2.25. The van der Waals surface area contributed by atoms with E-state index in [1.54, 1.807) is 36.6 Å². The van der Waals surface area contributed by atoms with Gasteiger partial charge in [-0.25, -0.2) is 14.6 Å². The van der Waals surface area contributed by atoms with Gasteiger partial charge in [-0.3, -0.25) is 9.36 Å². The average Bonchev–Trinajstić information content (AvgIpc) is 3.72. The first kappa shape index (κ1) is 31.1. The maximum atomic E-state index is 14.3. The van der Waals surface area contributed by atoms with Crippen LogP contribution in [0.25, 0.3) is 11.8 Å². The van der Waals surface area contributed by atoms with Crippen LogP contribution in [0.3, 0.4) is 0 Å². The van der Waals surface area contributed by atoms with E-state index in [1.807, 2.05) is 57.2 Å². The molecule has 0 saturated carbocycles. The number of nitrogens with zero attached hydrogens (tertiary/aromatic N) is 3. The van der Waals surface area contributed by atoms with Crippen molar-refractivity contribution in [3.05, 3.63) is 108 Å². The minimum atomic E-state index is -0.751. The van der Waals surface area contributed by atoms with Crippen LogP contribution in [0, 0.1) is 13.8 Å². The first-order chi connectivity index (χ1) is 22.2. The smallest absolute Gasteiger partial charge is 0.338 e. The van der Waals surface area contributed by atoms with Crippen molar-refractivity contribution >= 4 is 29.4 Å². The molecule has 2 aliphatic heterocycles. The molecule has 238 valence electrons. The number of ether oxygens (including phenoxy) is 4. The number of benzene rings is 2. The van der Waals surface area contributed by atoms with E-state index >= 15 is 0 Å². The molecule has 11 heteroatoms. The van der Waals surface area contributed by atoms with Gasteiger partial charge in [-0.15, -0.1) is 0 Å². The lowest BCUT2D eigenvalue weighted by Crippen LogP contribution is -2.40. The highest BCUT2D eigenvalue weighted by molar-refractivity contribution is 7.07. The van der Waals surface area contributed by atoms with Crippen LogP contribution >= 0.6 is 11.3 Å². The number of carbonyl (C=O) groups excluding carboxylic acids is 2. The fraction of sp³-hybridized carbons (Fsp3) is 0.314. The zero-order valence-electron chi connectivity index (χ0n) is 26.4. The summed E-state index contributed by atoms with van der Waals surface area (Å²) >= 11 is 1.29. The molecule has 46 heavy (non-hydrogen) atoms. The van der Waals surface area contributed by atoms with Crippen LogP contribution in [0.5, 0.6) is 11.5 Å². The number of allylic oxidation sites excluding steroid dienone is 1. The number of hydrogen-bond donors (Lipinski definition) is 0. The van der Waals surface area contributed by atoms with Crippen molar-refractivity contribution in [2.24, 2.45) is 4.99 Å². The third-order valence-electron chi connectivity index (χ3n) is 8.00. The second-order valence-corrected chi connectivity index (χ2v) is 12.0. The molecule has 2 aliphatic rings. The maximum Gasteiger partial charge on any atom is 0.338 e. The summed E-state index contributed by atoms with van der Waals surface area (Å²) in [6.07, 6.45) is 3.19. The Balaban J connectivity index is 1.48. The summed E-state index contributed by atoms with van der Waals surface area (Å²) in [6.45, 7) is 10.2. The van der Waals surface area contributed by atoms with Gasteiger partial charge in [-0.2, -0.15) is 0 Å². The average molecular weight is 642 g/mol.